The van der Waals surface area contributed by atoms with Crippen LogP contribution in [0.25, 0.3) is 87.6 Å². The van der Waals surface area contributed by atoms with Crippen LogP contribution in [0.15, 0.2) is 162 Å². The fourth-order valence-electron chi connectivity index (χ4n) is 6.26. The lowest BCUT2D eigenvalue weighted by Gasteiger charge is -2.19. The van der Waals surface area contributed by atoms with E-state index in [9.17, 15) is 0 Å². The molecule has 0 saturated heterocycles. The van der Waals surface area contributed by atoms with Crippen LogP contribution < -0.4 is 0 Å². The van der Waals surface area contributed by atoms with Crippen molar-refractivity contribution in [1.29, 1.82) is 0 Å². The molecule has 0 spiro atoms. The van der Waals surface area contributed by atoms with Gasteiger partial charge in [0.05, 0.1) is 15.1 Å². The molecule has 9 aromatic rings. The molecule has 1 aromatic heterocycles. The first-order valence-corrected chi connectivity index (χ1v) is 13.9. The molecule has 1 heterocycles. The van der Waals surface area contributed by atoms with Crippen molar-refractivity contribution in [3.63, 3.8) is 0 Å². The van der Waals surface area contributed by atoms with E-state index in [1.54, 1.807) is 48.5 Å². The number of fused-ring (bicyclic) bond motifs is 6. The zero-order chi connectivity index (χ0) is 37.9. The molecule has 0 atom stereocenters. The van der Waals surface area contributed by atoms with Crippen LogP contribution in [-0.4, -0.2) is 0 Å². The lowest BCUT2D eigenvalue weighted by molar-refractivity contribution is 0.670. The number of rotatable bonds is 3. The smallest absolute Gasteiger partial charge is 0.143 e. The van der Waals surface area contributed by atoms with E-state index in [0.717, 1.165) is 21.9 Å². The Labute approximate surface area is 264 Å². The first-order valence-electron chi connectivity index (χ1n) is 19.4. The van der Waals surface area contributed by atoms with E-state index in [1.807, 2.05) is 42.5 Å². The van der Waals surface area contributed by atoms with E-state index in [1.165, 1.54) is 0 Å². The molecular weight excluding hydrogens is 520 g/mol. The molecular formula is C42H26O. The predicted molar refractivity (Wildman–Crippen MR) is 183 cm³/mol. The van der Waals surface area contributed by atoms with Gasteiger partial charge in [0.2, 0.25) is 0 Å². The Balaban J connectivity index is 1.34. The summed E-state index contributed by atoms with van der Waals surface area (Å²) in [7, 11) is 0. The van der Waals surface area contributed by atoms with Gasteiger partial charge >= 0.3 is 0 Å². The first-order chi connectivity index (χ1) is 25.9. The van der Waals surface area contributed by atoms with Crippen molar-refractivity contribution in [2.75, 3.05) is 0 Å². The Morgan fingerprint density at radius 2 is 1.02 bits per heavy atom. The molecule has 0 N–H and O–H groups in total. The Morgan fingerprint density at radius 3 is 1.79 bits per heavy atom. The van der Waals surface area contributed by atoms with Crippen LogP contribution >= 0.6 is 0 Å². The van der Waals surface area contributed by atoms with E-state index < -0.39 is 30.2 Å². The standard InChI is InChI=1S/C42H26O/c1-2-13-30-27(11-1)12-9-20-33(30)41-36-17-5-3-15-34(36)40(35-16-4-6-18-37(35)41)29-25-23-28(24-26-29)31-19-10-21-38-32-14-7-8-22-39(32)43-42(31)38/h1-26H/i3D,4D,5D,6D,7D,8D,10D,14D,19D,21D,22D. The molecule has 0 radical (unpaired) electrons. The van der Waals surface area contributed by atoms with Crippen molar-refractivity contribution in [3.8, 4) is 33.4 Å². The SMILES string of the molecule is [2H]c1cc2c(-c3ccc(-c4c([2H])c([2H])c([2H])c5c4oc4c([2H])c([2H])c([2H])c([2H])c45)cc3)c3cc([2H])c([2H])cc3c(-c3cccc4ccccc34)c2cc1[2H]. The highest BCUT2D eigenvalue weighted by Crippen LogP contribution is 2.45. The summed E-state index contributed by atoms with van der Waals surface area (Å²) in [6.07, 6.45) is 0. The topological polar surface area (TPSA) is 13.1 Å². The van der Waals surface area contributed by atoms with Gasteiger partial charge in [-0.1, -0.05) is 151 Å². The maximum Gasteiger partial charge on any atom is 0.143 e. The van der Waals surface area contributed by atoms with Gasteiger partial charge in [-0.2, -0.15) is 0 Å². The minimum Gasteiger partial charge on any atom is -0.455 e. The van der Waals surface area contributed by atoms with Crippen LogP contribution in [-0.2, 0) is 0 Å². The van der Waals surface area contributed by atoms with Crippen molar-refractivity contribution < 1.29 is 19.5 Å². The van der Waals surface area contributed by atoms with Gasteiger partial charge < -0.3 is 4.42 Å². The summed E-state index contributed by atoms with van der Waals surface area (Å²) >= 11 is 0. The number of furan rings is 1. The first kappa shape index (κ1) is 15.5. The lowest BCUT2D eigenvalue weighted by Crippen LogP contribution is -1.91. The Kier molecular flexibility index (Phi) is 3.41. The third-order valence-corrected chi connectivity index (χ3v) is 8.15. The summed E-state index contributed by atoms with van der Waals surface area (Å²) < 4.78 is 100. The van der Waals surface area contributed by atoms with E-state index in [-0.39, 0.29) is 63.8 Å². The Bertz CT molecular complexity index is 3040. The second-order valence-corrected chi connectivity index (χ2v) is 10.4. The predicted octanol–water partition coefficient (Wildman–Crippen LogP) is 12.0. The van der Waals surface area contributed by atoms with Crippen molar-refractivity contribution in [1.82, 2.24) is 0 Å². The number of hydrogen-bond acceptors (Lipinski definition) is 1. The van der Waals surface area contributed by atoms with E-state index in [4.69, 9.17) is 19.5 Å². The average molecular weight is 558 g/mol. The van der Waals surface area contributed by atoms with Crippen molar-refractivity contribution in [3.05, 3.63) is 157 Å². The summed E-state index contributed by atoms with van der Waals surface area (Å²) in [6.45, 7) is 0. The third-order valence-electron chi connectivity index (χ3n) is 8.15. The highest BCUT2D eigenvalue weighted by Gasteiger charge is 2.18. The summed E-state index contributed by atoms with van der Waals surface area (Å²) in [5.74, 6) is 0. The highest BCUT2D eigenvalue weighted by atomic mass is 16.3. The molecule has 0 aliphatic carbocycles. The largest absolute Gasteiger partial charge is 0.455 e. The summed E-state index contributed by atoms with van der Waals surface area (Å²) in [6, 6.07) is 24.9. The third kappa shape index (κ3) is 3.65. The quantitative estimate of drug-likeness (QED) is 0.197. The van der Waals surface area contributed by atoms with E-state index in [2.05, 4.69) is 0 Å². The minimum absolute atomic E-state index is 0.00902. The van der Waals surface area contributed by atoms with Gasteiger partial charge in [-0.3, -0.25) is 0 Å². The summed E-state index contributed by atoms with van der Waals surface area (Å²) in [5, 5.41) is 4.77. The average Bonchev–Trinajstić information content (AvgIpc) is 3.57. The van der Waals surface area contributed by atoms with Gasteiger partial charge in [0.1, 0.15) is 11.2 Å². The lowest BCUT2D eigenvalue weighted by atomic mass is 9.84. The zero-order valence-electron chi connectivity index (χ0n) is 33.6. The van der Waals surface area contributed by atoms with Gasteiger partial charge in [-0.25, -0.2) is 0 Å². The maximum absolute atomic E-state index is 8.89. The van der Waals surface area contributed by atoms with Crippen LogP contribution in [0.4, 0.5) is 0 Å². The van der Waals surface area contributed by atoms with Crippen molar-refractivity contribution in [2.45, 2.75) is 0 Å². The summed E-state index contributed by atoms with van der Waals surface area (Å²) in [5.41, 5.74) is 3.51. The fourth-order valence-corrected chi connectivity index (χ4v) is 6.26. The van der Waals surface area contributed by atoms with Crippen LogP contribution in [0.3, 0.4) is 0 Å². The monoisotopic (exact) mass is 557 g/mol. The van der Waals surface area contributed by atoms with Gasteiger partial charge in [-0.15, -0.1) is 0 Å². The van der Waals surface area contributed by atoms with Gasteiger partial charge in [0.25, 0.3) is 0 Å². The molecule has 43 heavy (non-hydrogen) atoms. The van der Waals surface area contributed by atoms with Gasteiger partial charge in [0.15, 0.2) is 0 Å². The molecule has 0 amide bonds. The van der Waals surface area contributed by atoms with Crippen LogP contribution in [0.5, 0.6) is 0 Å². The van der Waals surface area contributed by atoms with Gasteiger partial charge in [0, 0.05) is 16.3 Å². The number of hydrogen-bond donors (Lipinski definition) is 0. The van der Waals surface area contributed by atoms with Gasteiger partial charge in [-0.05, 0) is 66.2 Å². The van der Waals surface area contributed by atoms with E-state index >= 15 is 0 Å². The molecule has 0 aliphatic rings. The molecule has 0 unspecified atom stereocenters. The molecule has 0 saturated carbocycles. The van der Waals surface area contributed by atoms with E-state index in [0.29, 0.717) is 38.2 Å². The Hall–Kier alpha value is -5.66. The number of para-hydroxylation sites is 2. The molecule has 0 bridgehead atoms. The second-order valence-electron chi connectivity index (χ2n) is 10.4. The fraction of sp³-hybridized carbons (Fsp3) is 0. The Morgan fingerprint density at radius 1 is 0.395 bits per heavy atom. The molecule has 1 nitrogen and oxygen atoms in total. The number of benzene rings is 8. The highest BCUT2D eigenvalue weighted by molar-refractivity contribution is 6.23. The molecule has 8 aromatic carbocycles. The molecule has 9 rings (SSSR count). The zero-order valence-corrected chi connectivity index (χ0v) is 22.6. The second kappa shape index (κ2) is 9.44. The molecule has 0 fully saturated rings. The summed E-state index contributed by atoms with van der Waals surface area (Å²) in [4.78, 5) is 0. The van der Waals surface area contributed by atoms with Crippen LogP contribution in [0.1, 0.15) is 15.1 Å². The van der Waals surface area contributed by atoms with Crippen LogP contribution in [0.2, 0.25) is 0 Å². The molecule has 1 heteroatoms. The molecule has 200 valence electrons. The van der Waals surface area contributed by atoms with Crippen molar-refractivity contribution in [2.24, 2.45) is 0 Å². The maximum atomic E-state index is 8.89. The minimum atomic E-state index is -0.492. The molecule has 0 aliphatic heterocycles. The van der Waals surface area contributed by atoms with Crippen LogP contribution in [0, 0.1) is 0 Å². The normalized spacial score (nSPS) is 15.3. The van der Waals surface area contributed by atoms with Crippen molar-refractivity contribution >= 4 is 54.3 Å².